The molecule has 1 aromatic rings. The summed E-state index contributed by atoms with van der Waals surface area (Å²) in [7, 11) is 0. The SMILES string of the molecule is CCNCC(=O)Nc1cc(Cl)ncn1. The number of nitrogens with zero attached hydrogens (tertiary/aromatic N) is 2. The summed E-state index contributed by atoms with van der Waals surface area (Å²) in [6, 6.07) is 1.49. The van der Waals surface area contributed by atoms with Crippen molar-refractivity contribution in [3.05, 3.63) is 17.5 Å². The Morgan fingerprint density at radius 3 is 3.00 bits per heavy atom. The summed E-state index contributed by atoms with van der Waals surface area (Å²) >= 11 is 5.61. The first kappa shape index (κ1) is 10.9. The van der Waals surface area contributed by atoms with E-state index in [0.29, 0.717) is 11.0 Å². The van der Waals surface area contributed by atoms with Gasteiger partial charge in [-0.15, -0.1) is 0 Å². The molecule has 0 atom stereocenters. The minimum Gasteiger partial charge on any atom is -0.309 e. The third kappa shape index (κ3) is 3.68. The Labute approximate surface area is 86.9 Å². The van der Waals surface area contributed by atoms with Gasteiger partial charge in [0.05, 0.1) is 6.54 Å². The molecule has 6 heteroatoms. The van der Waals surface area contributed by atoms with E-state index in [1.54, 1.807) is 0 Å². The van der Waals surface area contributed by atoms with Crippen LogP contribution in [0.25, 0.3) is 0 Å². The Balaban J connectivity index is 2.47. The van der Waals surface area contributed by atoms with Crippen molar-refractivity contribution in [2.75, 3.05) is 18.4 Å². The van der Waals surface area contributed by atoms with Gasteiger partial charge in [-0.25, -0.2) is 9.97 Å². The quantitative estimate of drug-likeness (QED) is 0.724. The maximum Gasteiger partial charge on any atom is 0.239 e. The van der Waals surface area contributed by atoms with Crippen molar-refractivity contribution in [1.29, 1.82) is 0 Å². The number of nitrogens with one attached hydrogen (secondary N) is 2. The second kappa shape index (κ2) is 5.51. The molecule has 0 spiro atoms. The van der Waals surface area contributed by atoms with Gasteiger partial charge in [-0.3, -0.25) is 4.79 Å². The second-order valence-corrected chi connectivity index (χ2v) is 2.94. The van der Waals surface area contributed by atoms with Gasteiger partial charge in [0.2, 0.25) is 5.91 Å². The van der Waals surface area contributed by atoms with E-state index < -0.39 is 0 Å². The summed E-state index contributed by atoms with van der Waals surface area (Å²) < 4.78 is 0. The van der Waals surface area contributed by atoms with E-state index in [2.05, 4.69) is 20.6 Å². The molecule has 0 unspecified atom stereocenters. The normalized spacial score (nSPS) is 9.86. The number of hydrogen-bond donors (Lipinski definition) is 2. The van der Waals surface area contributed by atoms with Gasteiger partial charge in [0, 0.05) is 6.07 Å². The van der Waals surface area contributed by atoms with Crippen molar-refractivity contribution in [3.8, 4) is 0 Å². The van der Waals surface area contributed by atoms with Crippen LogP contribution < -0.4 is 10.6 Å². The van der Waals surface area contributed by atoms with Crippen LogP contribution in [0.5, 0.6) is 0 Å². The maximum absolute atomic E-state index is 11.2. The highest BCUT2D eigenvalue weighted by Gasteiger charge is 2.02. The van der Waals surface area contributed by atoms with Crippen molar-refractivity contribution >= 4 is 23.3 Å². The lowest BCUT2D eigenvalue weighted by atomic mass is 10.5. The van der Waals surface area contributed by atoms with Gasteiger partial charge in [-0.2, -0.15) is 0 Å². The fourth-order valence-electron chi connectivity index (χ4n) is 0.828. The van der Waals surface area contributed by atoms with Crippen molar-refractivity contribution < 1.29 is 4.79 Å². The lowest BCUT2D eigenvalue weighted by molar-refractivity contribution is -0.115. The van der Waals surface area contributed by atoms with Gasteiger partial charge >= 0.3 is 0 Å². The molecule has 0 aliphatic heterocycles. The van der Waals surface area contributed by atoms with Crippen molar-refractivity contribution in [3.63, 3.8) is 0 Å². The number of amides is 1. The molecule has 76 valence electrons. The van der Waals surface area contributed by atoms with Gasteiger partial charge in [-0.1, -0.05) is 18.5 Å². The van der Waals surface area contributed by atoms with Crippen LogP contribution >= 0.6 is 11.6 Å². The molecule has 0 fully saturated rings. The topological polar surface area (TPSA) is 66.9 Å². The van der Waals surface area contributed by atoms with Crippen LogP contribution in [0.4, 0.5) is 5.82 Å². The summed E-state index contributed by atoms with van der Waals surface area (Å²) in [4.78, 5) is 18.7. The third-order valence-corrected chi connectivity index (χ3v) is 1.64. The van der Waals surface area contributed by atoms with Crippen LogP contribution in [0, 0.1) is 0 Å². The molecule has 0 bridgehead atoms. The Kier molecular flexibility index (Phi) is 4.28. The molecule has 1 rings (SSSR count). The lowest BCUT2D eigenvalue weighted by Crippen LogP contribution is -2.28. The average molecular weight is 215 g/mol. The van der Waals surface area contributed by atoms with Crippen LogP contribution in [-0.2, 0) is 4.79 Å². The molecule has 0 saturated heterocycles. The summed E-state index contributed by atoms with van der Waals surface area (Å²) in [5, 5.41) is 5.78. The molecular weight excluding hydrogens is 204 g/mol. The Bertz CT molecular complexity index is 318. The van der Waals surface area contributed by atoms with Gasteiger partial charge < -0.3 is 10.6 Å². The smallest absolute Gasteiger partial charge is 0.239 e. The minimum absolute atomic E-state index is 0.151. The van der Waals surface area contributed by atoms with Crippen LogP contribution in [0.1, 0.15) is 6.92 Å². The fraction of sp³-hybridized carbons (Fsp3) is 0.375. The number of aromatic nitrogens is 2. The molecule has 1 heterocycles. The highest BCUT2D eigenvalue weighted by atomic mass is 35.5. The predicted octanol–water partition coefficient (Wildman–Crippen LogP) is 0.678. The van der Waals surface area contributed by atoms with Crippen LogP contribution in [0.15, 0.2) is 12.4 Å². The largest absolute Gasteiger partial charge is 0.309 e. The molecule has 1 amide bonds. The molecule has 0 aliphatic carbocycles. The summed E-state index contributed by atoms with van der Waals surface area (Å²) in [5.41, 5.74) is 0. The standard InChI is InChI=1S/C8H11ClN4O/c1-2-10-4-8(14)13-7-3-6(9)11-5-12-7/h3,5,10H,2,4H2,1H3,(H,11,12,13,14). The Hall–Kier alpha value is -1.20. The number of carbonyl (C=O) groups excluding carboxylic acids is 1. The minimum atomic E-state index is -0.151. The van der Waals surface area contributed by atoms with Crippen LogP contribution in [0.2, 0.25) is 5.15 Å². The molecule has 0 aromatic carbocycles. The van der Waals surface area contributed by atoms with Gasteiger partial charge in [-0.05, 0) is 6.54 Å². The number of likely N-dealkylation sites (N-methyl/N-ethyl adjacent to an activating group) is 1. The summed E-state index contributed by atoms with van der Waals surface area (Å²) in [6.45, 7) is 2.94. The van der Waals surface area contributed by atoms with Crippen LogP contribution in [0.3, 0.4) is 0 Å². The number of carbonyl (C=O) groups is 1. The summed E-state index contributed by atoms with van der Waals surface area (Å²) in [6.07, 6.45) is 1.30. The van der Waals surface area contributed by atoms with E-state index in [0.717, 1.165) is 6.54 Å². The van der Waals surface area contributed by atoms with Crippen LogP contribution in [-0.4, -0.2) is 29.0 Å². The number of rotatable bonds is 4. The van der Waals surface area contributed by atoms with E-state index in [-0.39, 0.29) is 12.5 Å². The molecule has 0 saturated carbocycles. The molecule has 14 heavy (non-hydrogen) atoms. The first-order valence-corrected chi connectivity index (χ1v) is 4.58. The lowest BCUT2D eigenvalue weighted by Gasteiger charge is -2.03. The highest BCUT2D eigenvalue weighted by Crippen LogP contribution is 2.07. The zero-order valence-electron chi connectivity index (χ0n) is 7.75. The highest BCUT2D eigenvalue weighted by molar-refractivity contribution is 6.29. The Morgan fingerprint density at radius 1 is 1.57 bits per heavy atom. The number of anilines is 1. The zero-order chi connectivity index (χ0) is 10.4. The van der Waals surface area contributed by atoms with E-state index >= 15 is 0 Å². The van der Waals surface area contributed by atoms with E-state index in [1.165, 1.54) is 12.4 Å². The van der Waals surface area contributed by atoms with Crippen molar-refractivity contribution in [2.24, 2.45) is 0 Å². The molecule has 0 radical (unpaired) electrons. The van der Waals surface area contributed by atoms with Gasteiger partial charge in [0.1, 0.15) is 17.3 Å². The maximum atomic E-state index is 11.2. The molecule has 1 aromatic heterocycles. The van der Waals surface area contributed by atoms with E-state index in [9.17, 15) is 4.79 Å². The zero-order valence-corrected chi connectivity index (χ0v) is 8.51. The molecular formula is C8H11ClN4O. The summed E-state index contributed by atoms with van der Waals surface area (Å²) in [5.74, 6) is 0.259. The van der Waals surface area contributed by atoms with Gasteiger partial charge in [0.15, 0.2) is 0 Å². The van der Waals surface area contributed by atoms with Gasteiger partial charge in [0.25, 0.3) is 0 Å². The average Bonchev–Trinajstić information content (AvgIpc) is 2.15. The Morgan fingerprint density at radius 2 is 2.36 bits per heavy atom. The monoisotopic (exact) mass is 214 g/mol. The second-order valence-electron chi connectivity index (χ2n) is 2.55. The number of halogens is 1. The van der Waals surface area contributed by atoms with Crippen molar-refractivity contribution in [2.45, 2.75) is 6.92 Å². The fourth-order valence-corrected chi connectivity index (χ4v) is 0.974. The third-order valence-electron chi connectivity index (χ3n) is 1.44. The van der Waals surface area contributed by atoms with E-state index in [1.807, 2.05) is 6.92 Å². The first-order valence-electron chi connectivity index (χ1n) is 4.20. The van der Waals surface area contributed by atoms with Crippen molar-refractivity contribution in [1.82, 2.24) is 15.3 Å². The molecule has 5 nitrogen and oxygen atoms in total. The molecule has 2 N–H and O–H groups in total. The number of hydrogen-bond acceptors (Lipinski definition) is 4. The predicted molar refractivity (Wildman–Crippen MR) is 54.2 cm³/mol. The molecule has 0 aliphatic rings. The van der Waals surface area contributed by atoms with E-state index in [4.69, 9.17) is 11.6 Å². The first-order chi connectivity index (χ1) is 6.72.